The third-order valence-corrected chi connectivity index (χ3v) is 3.91. The van der Waals surface area contributed by atoms with E-state index in [4.69, 9.17) is 11.6 Å². The molecule has 2 heterocycles. The van der Waals surface area contributed by atoms with E-state index in [9.17, 15) is 20.2 Å². The quantitative estimate of drug-likeness (QED) is 0.333. The molecular weight excluding hydrogens is 300 g/mol. The molecule has 0 aliphatic carbocycles. The van der Waals surface area contributed by atoms with Gasteiger partial charge in [0.15, 0.2) is 5.82 Å². The van der Waals surface area contributed by atoms with E-state index in [1.54, 1.807) is 0 Å². The molecule has 2 fully saturated rings. The largest absolute Gasteiger partial charge is 0.353 e. The van der Waals surface area contributed by atoms with Crippen LogP contribution in [0.3, 0.4) is 0 Å². The summed E-state index contributed by atoms with van der Waals surface area (Å²) in [5.74, 6) is 0.468. The van der Waals surface area contributed by atoms with Crippen molar-refractivity contribution in [2.24, 2.45) is 0 Å². The van der Waals surface area contributed by atoms with E-state index < -0.39 is 15.0 Å². The van der Waals surface area contributed by atoms with E-state index in [2.05, 4.69) is 0 Å². The summed E-state index contributed by atoms with van der Waals surface area (Å²) in [7, 11) is 0. The Morgan fingerprint density at radius 1 is 0.905 bits per heavy atom. The average Bonchev–Trinajstić information content (AvgIpc) is 3.10. The Balaban J connectivity index is 2.46. The molecule has 8 nitrogen and oxygen atoms in total. The van der Waals surface area contributed by atoms with Crippen LogP contribution in [-0.2, 0) is 0 Å². The highest BCUT2D eigenvalue weighted by Crippen LogP contribution is 2.26. The summed E-state index contributed by atoms with van der Waals surface area (Å²) in [6.07, 6.45) is 4.72. The summed E-state index contributed by atoms with van der Waals surface area (Å²) in [5, 5.41) is 21.3. The summed E-state index contributed by atoms with van der Waals surface area (Å²) < 4.78 is 0. The molecule has 2 aliphatic rings. The molecular formula is C12H17ClN4O4. The van der Waals surface area contributed by atoms with E-state index in [0.29, 0.717) is 5.82 Å². The minimum Gasteiger partial charge on any atom is -0.353 e. The topological polar surface area (TPSA) is 92.8 Å². The van der Waals surface area contributed by atoms with Crippen molar-refractivity contribution >= 4 is 11.6 Å². The molecule has 2 aliphatic heterocycles. The van der Waals surface area contributed by atoms with Crippen LogP contribution in [0.25, 0.3) is 0 Å². The van der Waals surface area contributed by atoms with Crippen LogP contribution in [-0.4, -0.2) is 45.8 Å². The highest BCUT2D eigenvalue weighted by Gasteiger charge is 2.32. The molecule has 0 amide bonds. The number of allylic oxidation sites excluding steroid dienone is 1. The van der Waals surface area contributed by atoms with Gasteiger partial charge in [0.2, 0.25) is 0 Å². The summed E-state index contributed by atoms with van der Waals surface area (Å²) in [5.41, 5.74) is -0.291. The van der Waals surface area contributed by atoms with Gasteiger partial charge < -0.3 is 9.80 Å². The molecule has 0 radical (unpaired) electrons. The number of hydrogen-bond acceptors (Lipinski definition) is 6. The van der Waals surface area contributed by atoms with Crippen LogP contribution in [0.1, 0.15) is 25.7 Å². The summed E-state index contributed by atoms with van der Waals surface area (Å²) in [4.78, 5) is 24.5. The minimum absolute atomic E-state index is 0.291. The second kappa shape index (κ2) is 6.75. The molecule has 0 aromatic heterocycles. The molecule has 0 bridgehead atoms. The molecule has 0 unspecified atom stereocenters. The van der Waals surface area contributed by atoms with Gasteiger partial charge in [-0.05, 0) is 37.3 Å². The predicted molar refractivity (Wildman–Crippen MR) is 76.6 cm³/mol. The molecule has 9 heteroatoms. The lowest BCUT2D eigenvalue weighted by Gasteiger charge is -2.29. The van der Waals surface area contributed by atoms with Crippen molar-refractivity contribution in [1.82, 2.24) is 9.80 Å². The Labute approximate surface area is 126 Å². The Hall–Kier alpha value is -1.83. The number of nitrogens with zero attached hydrogens (tertiary/aromatic N) is 4. The van der Waals surface area contributed by atoms with Crippen LogP contribution < -0.4 is 0 Å². The predicted octanol–water partition coefficient (Wildman–Crippen LogP) is 1.98. The zero-order valence-electron chi connectivity index (χ0n) is 11.5. The molecule has 116 valence electrons. The van der Waals surface area contributed by atoms with Crippen LogP contribution >= 0.6 is 11.6 Å². The lowest BCUT2D eigenvalue weighted by molar-refractivity contribution is -0.430. The van der Waals surface area contributed by atoms with Crippen LogP contribution in [0, 0.1) is 20.2 Å². The molecule has 21 heavy (non-hydrogen) atoms. The first-order valence-corrected chi connectivity index (χ1v) is 7.28. The van der Waals surface area contributed by atoms with Gasteiger partial charge >= 0.3 is 10.9 Å². The second-order valence-corrected chi connectivity index (χ2v) is 5.47. The van der Waals surface area contributed by atoms with Gasteiger partial charge in [-0.1, -0.05) is 0 Å². The molecule has 0 atom stereocenters. The highest BCUT2D eigenvalue weighted by molar-refractivity contribution is 6.28. The molecule has 0 spiro atoms. The standard InChI is InChI=1S/C12H17ClN4O4/c13-11(17(20)21)9-10(16(18)19)12(14-5-1-2-6-14)15-7-3-4-8-15/h9H,1-8H2/b11-9+. The van der Waals surface area contributed by atoms with Crippen LogP contribution in [0.4, 0.5) is 0 Å². The van der Waals surface area contributed by atoms with Gasteiger partial charge in [-0.3, -0.25) is 20.2 Å². The first-order chi connectivity index (χ1) is 10.0. The van der Waals surface area contributed by atoms with Gasteiger partial charge in [0.25, 0.3) is 0 Å². The molecule has 0 N–H and O–H groups in total. The fraction of sp³-hybridized carbons (Fsp3) is 0.667. The SMILES string of the molecule is O=[N+]([O-])C(/C=C(\Cl)[N+](=O)[O-])=C(N1CCCC1)N1CCCC1. The molecule has 0 aromatic rings. The third-order valence-electron chi connectivity index (χ3n) is 3.67. The lowest BCUT2D eigenvalue weighted by Crippen LogP contribution is -2.34. The van der Waals surface area contributed by atoms with Crippen molar-refractivity contribution in [1.29, 1.82) is 0 Å². The third kappa shape index (κ3) is 3.63. The Bertz CT molecular complexity index is 475. The lowest BCUT2D eigenvalue weighted by atomic mass is 10.3. The Morgan fingerprint density at radius 2 is 1.33 bits per heavy atom. The van der Waals surface area contributed by atoms with Crippen LogP contribution in [0.15, 0.2) is 22.8 Å². The fourth-order valence-electron chi connectivity index (χ4n) is 2.75. The first-order valence-electron chi connectivity index (χ1n) is 6.91. The van der Waals surface area contributed by atoms with Gasteiger partial charge in [0.1, 0.15) is 6.08 Å². The maximum atomic E-state index is 11.4. The monoisotopic (exact) mass is 316 g/mol. The zero-order valence-corrected chi connectivity index (χ0v) is 12.3. The fourth-order valence-corrected chi connectivity index (χ4v) is 2.85. The summed E-state index contributed by atoms with van der Waals surface area (Å²) >= 11 is 5.50. The number of halogens is 1. The second-order valence-electron chi connectivity index (χ2n) is 5.08. The summed E-state index contributed by atoms with van der Waals surface area (Å²) in [6, 6.07) is 0. The van der Waals surface area contributed by atoms with Gasteiger partial charge in [-0.2, -0.15) is 0 Å². The summed E-state index contributed by atoms with van der Waals surface area (Å²) in [6.45, 7) is 2.92. The average molecular weight is 317 g/mol. The first kappa shape index (κ1) is 15.6. The van der Waals surface area contributed by atoms with Crippen molar-refractivity contribution in [3.05, 3.63) is 43.0 Å². The van der Waals surface area contributed by atoms with E-state index >= 15 is 0 Å². The number of nitro groups is 2. The minimum atomic E-state index is -0.823. The van der Waals surface area contributed by atoms with Crippen molar-refractivity contribution in [3.63, 3.8) is 0 Å². The smallest absolute Gasteiger partial charge is 0.344 e. The number of hydrogen-bond donors (Lipinski definition) is 0. The maximum Gasteiger partial charge on any atom is 0.344 e. The van der Waals surface area contributed by atoms with Gasteiger partial charge in [-0.15, -0.1) is 0 Å². The molecule has 0 aromatic carbocycles. The van der Waals surface area contributed by atoms with Gasteiger partial charge in [0, 0.05) is 26.2 Å². The van der Waals surface area contributed by atoms with Gasteiger partial charge in [-0.25, -0.2) is 0 Å². The van der Waals surface area contributed by atoms with E-state index in [-0.39, 0.29) is 5.70 Å². The van der Waals surface area contributed by atoms with Crippen molar-refractivity contribution in [2.75, 3.05) is 26.2 Å². The van der Waals surface area contributed by atoms with Crippen molar-refractivity contribution < 1.29 is 9.85 Å². The maximum absolute atomic E-state index is 11.4. The van der Waals surface area contributed by atoms with Crippen molar-refractivity contribution in [2.45, 2.75) is 25.7 Å². The van der Waals surface area contributed by atoms with E-state index in [1.165, 1.54) is 0 Å². The van der Waals surface area contributed by atoms with Crippen LogP contribution in [0.2, 0.25) is 0 Å². The zero-order chi connectivity index (χ0) is 15.4. The Morgan fingerprint density at radius 3 is 1.67 bits per heavy atom. The van der Waals surface area contributed by atoms with Crippen LogP contribution in [0.5, 0.6) is 0 Å². The molecule has 0 saturated carbocycles. The normalized spacial score (nSPS) is 19.0. The van der Waals surface area contributed by atoms with E-state index in [1.807, 2.05) is 9.80 Å². The highest BCUT2D eigenvalue weighted by atomic mass is 35.5. The van der Waals surface area contributed by atoms with Crippen molar-refractivity contribution in [3.8, 4) is 0 Å². The van der Waals surface area contributed by atoms with E-state index in [0.717, 1.165) is 57.9 Å². The Kier molecular flexibility index (Phi) is 5.00. The molecule has 2 rings (SSSR count). The number of likely N-dealkylation sites (tertiary alicyclic amines) is 2. The number of rotatable bonds is 5. The van der Waals surface area contributed by atoms with Gasteiger partial charge in [0.05, 0.1) is 9.85 Å². The molecule has 2 saturated heterocycles.